The number of imidazole rings is 1. The van der Waals surface area contributed by atoms with Gasteiger partial charge < -0.3 is 18.8 Å². The Balaban J connectivity index is 1.27. The molecule has 0 bridgehead atoms. The van der Waals surface area contributed by atoms with Crippen LogP contribution in [-0.4, -0.2) is 46.5 Å². The lowest BCUT2D eigenvalue weighted by atomic mass is 10.0. The van der Waals surface area contributed by atoms with Crippen LogP contribution in [0.4, 0.5) is 0 Å². The predicted molar refractivity (Wildman–Crippen MR) is 93.1 cm³/mol. The van der Waals surface area contributed by atoms with E-state index in [-0.39, 0.29) is 5.79 Å². The minimum Gasteiger partial charge on any atom is -0.486 e. The standard InChI is InChI=1S/C19H25N3O3/c1-21-11-8-20-18(21)15-23-17-4-2-16(3-5-17)14-22-9-6-19(7-10-22)24-12-13-25-19/h2-5,8,11H,6-7,9-10,12-15H2,1H3. The first-order chi connectivity index (χ1) is 12.2. The van der Waals surface area contributed by atoms with Gasteiger partial charge in [0.05, 0.1) is 13.2 Å². The summed E-state index contributed by atoms with van der Waals surface area (Å²) in [6.07, 6.45) is 5.62. The molecule has 2 saturated heterocycles. The Morgan fingerprint density at radius 1 is 1.12 bits per heavy atom. The summed E-state index contributed by atoms with van der Waals surface area (Å²) in [7, 11) is 1.97. The number of piperidine rings is 1. The second-order valence-corrected chi connectivity index (χ2v) is 6.77. The molecule has 0 atom stereocenters. The third kappa shape index (κ3) is 3.86. The van der Waals surface area contributed by atoms with Crippen molar-refractivity contribution < 1.29 is 14.2 Å². The molecule has 1 spiro atoms. The summed E-state index contributed by atoms with van der Waals surface area (Å²) in [5, 5.41) is 0. The zero-order valence-electron chi connectivity index (χ0n) is 14.7. The van der Waals surface area contributed by atoms with E-state index in [1.165, 1.54) is 5.56 Å². The predicted octanol–water partition coefficient (Wildman–Crippen LogP) is 2.34. The SMILES string of the molecule is Cn1ccnc1COc1ccc(CN2CCC3(CC2)OCCO3)cc1. The van der Waals surface area contributed by atoms with Crippen LogP contribution in [0.15, 0.2) is 36.7 Å². The lowest BCUT2D eigenvalue weighted by molar-refractivity contribution is -0.185. The highest BCUT2D eigenvalue weighted by Crippen LogP contribution is 2.31. The van der Waals surface area contributed by atoms with E-state index in [4.69, 9.17) is 14.2 Å². The van der Waals surface area contributed by atoms with Gasteiger partial charge in [-0.05, 0) is 17.7 Å². The highest BCUT2D eigenvalue weighted by molar-refractivity contribution is 5.27. The lowest BCUT2D eigenvalue weighted by Gasteiger charge is -2.37. The molecule has 3 heterocycles. The molecule has 25 heavy (non-hydrogen) atoms. The molecule has 0 amide bonds. The van der Waals surface area contributed by atoms with Crippen LogP contribution >= 0.6 is 0 Å². The first-order valence-corrected chi connectivity index (χ1v) is 8.91. The summed E-state index contributed by atoms with van der Waals surface area (Å²) < 4.78 is 19.4. The van der Waals surface area contributed by atoms with Crippen molar-refractivity contribution >= 4 is 0 Å². The molecule has 2 aliphatic heterocycles. The van der Waals surface area contributed by atoms with Gasteiger partial charge in [-0.2, -0.15) is 0 Å². The monoisotopic (exact) mass is 343 g/mol. The first kappa shape index (κ1) is 16.6. The average Bonchev–Trinajstić information content (AvgIpc) is 3.26. The highest BCUT2D eigenvalue weighted by Gasteiger charge is 2.39. The maximum Gasteiger partial charge on any atom is 0.170 e. The normalized spacial score (nSPS) is 20.2. The third-order valence-electron chi connectivity index (χ3n) is 5.05. The molecule has 1 aromatic carbocycles. The Morgan fingerprint density at radius 2 is 1.84 bits per heavy atom. The van der Waals surface area contributed by atoms with E-state index in [0.717, 1.165) is 57.3 Å². The van der Waals surface area contributed by atoms with Crippen molar-refractivity contribution in [3.8, 4) is 5.75 Å². The van der Waals surface area contributed by atoms with Gasteiger partial charge in [-0.3, -0.25) is 4.90 Å². The fourth-order valence-electron chi connectivity index (χ4n) is 3.47. The third-order valence-corrected chi connectivity index (χ3v) is 5.05. The number of aryl methyl sites for hydroxylation is 1. The van der Waals surface area contributed by atoms with Crippen LogP contribution in [0.5, 0.6) is 5.75 Å². The molecule has 1 aromatic heterocycles. The summed E-state index contributed by atoms with van der Waals surface area (Å²) >= 11 is 0. The van der Waals surface area contributed by atoms with E-state index in [9.17, 15) is 0 Å². The molecule has 0 radical (unpaired) electrons. The van der Waals surface area contributed by atoms with Gasteiger partial charge in [0.1, 0.15) is 18.2 Å². The van der Waals surface area contributed by atoms with Crippen LogP contribution in [0.2, 0.25) is 0 Å². The Kier molecular flexibility index (Phi) is 4.74. The number of ether oxygens (including phenoxy) is 3. The van der Waals surface area contributed by atoms with Crippen molar-refractivity contribution in [3.63, 3.8) is 0 Å². The van der Waals surface area contributed by atoms with Crippen molar-refractivity contribution in [3.05, 3.63) is 48.0 Å². The molecule has 6 nitrogen and oxygen atoms in total. The van der Waals surface area contributed by atoms with E-state index >= 15 is 0 Å². The summed E-state index contributed by atoms with van der Waals surface area (Å²) in [6, 6.07) is 8.35. The van der Waals surface area contributed by atoms with E-state index in [1.54, 1.807) is 6.20 Å². The number of aromatic nitrogens is 2. The fraction of sp³-hybridized carbons (Fsp3) is 0.526. The van der Waals surface area contributed by atoms with Crippen molar-refractivity contribution in [2.24, 2.45) is 7.05 Å². The Morgan fingerprint density at radius 3 is 2.48 bits per heavy atom. The van der Waals surface area contributed by atoms with Gasteiger partial charge in [0.25, 0.3) is 0 Å². The maximum atomic E-state index is 5.81. The van der Waals surface area contributed by atoms with E-state index in [2.05, 4.69) is 22.0 Å². The van der Waals surface area contributed by atoms with Gasteiger partial charge in [0, 0.05) is 51.9 Å². The minimum atomic E-state index is -0.292. The van der Waals surface area contributed by atoms with Gasteiger partial charge in [-0.25, -0.2) is 4.98 Å². The molecule has 0 aliphatic carbocycles. The van der Waals surface area contributed by atoms with Crippen LogP contribution in [0.3, 0.4) is 0 Å². The number of hydrogen-bond acceptors (Lipinski definition) is 5. The Labute approximate surface area is 148 Å². The van der Waals surface area contributed by atoms with Crippen LogP contribution in [0.1, 0.15) is 24.2 Å². The molecule has 134 valence electrons. The summed E-state index contributed by atoms with van der Waals surface area (Å²) in [5.74, 6) is 1.50. The number of rotatable bonds is 5. The quantitative estimate of drug-likeness (QED) is 0.834. The van der Waals surface area contributed by atoms with Crippen molar-refractivity contribution in [1.29, 1.82) is 0 Å². The second kappa shape index (κ2) is 7.15. The van der Waals surface area contributed by atoms with Crippen LogP contribution in [-0.2, 0) is 29.7 Å². The van der Waals surface area contributed by atoms with Crippen molar-refractivity contribution in [2.75, 3.05) is 26.3 Å². The molecule has 4 rings (SSSR count). The largest absolute Gasteiger partial charge is 0.486 e. The van der Waals surface area contributed by atoms with Crippen molar-refractivity contribution in [1.82, 2.24) is 14.5 Å². The van der Waals surface area contributed by atoms with Gasteiger partial charge >= 0.3 is 0 Å². The second-order valence-electron chi connectivity index (χ2n) is 6.77. The number of hydrogen-bond donors (Lipinski definition) is 0. The number of benzene rings is 1. The van der Waals surface area contributed by atoms with E-state index in [0.29, 0.717) is 6.61 Å². The molecule has 2 aromatic rings. The lowest BCUT2D eigenvalue weighted by Crippen LogP contribution is -2.44. The Hall–Kier alpha value is -1.89. The van der Waals surface area contributed by atoms with E-state index in [1.807, 2.05) is 29.9 Å². The average molecular weight is 343 g/mol. The van der Waals surface area contributed by atoms with Gasteiger partial charge in [0.2, 0.25) is 0 Å². The van der Waals surface area contributed by atoms with Crippen LogP contribution in [0.25, 0.3) is 0 Å². The van der Waals surface area contributed by atoms with Gasteiger partial charge in [0.15, 0.2) is 5.79 Å². The molecule has 2 fully saturated rings. The smallest absolute Gasteiger partial charge is 0.170 e. The summed E-state index contributed by atoms with van der Waals surface area (Å²) in [6.45, 7) is 4.93. The molecule has 6 heteroatoms. The molecular weight excluding hydrogens is 318 g/mol. The fourth-order valence-corrected chi connectivity index (χ4v) is 3.47. The molecule has 0 saturated carbocycles. The van der Waals surface area contributed by atoms with Crippen LogP contribution in [0, 0.1) is 0 Å². The molecule has 2 aliphatic rings. The van der Waals surface area contributed by atoms with Gasteiger partial charge in [-0.1, -0.05) is 12.1 Å². The molecule has 0 N–H and O–H groups in total. The highest BCUT2D eigenvalue weighted by atomic mass is 16.7. The zero-order chi connectivity index (χ0) is 17.1. The number of likely N-dealkylation sites (tertiary alicyclic amines) is 1. The summed E-state index contributed by atoms with van der Waals surface area (Å²) in [5.41, 5.74) is 1.30. The van der Waals surface area contributed by atoms with Gasteiger partial charge in [-0.15, -0.1) is 0 Å². The molecule has 0 unspecified atom stereocenters. The molecular formula is C19H25N3O3. The van der Waals surface area contributed by atoms with Crippen LogP contribution < -0.4 is 4.74 Å². The maximum absolute atomic E-state index is 5.81. The Bertz CT molecular complexity index is 682. The minimum absolute atomic E-state index is 0.292. The van der Waals surface area contributed by atoms with E-state index < -0.39 is 0 Å². The first-order valence-electron chi connectivity index (χ1n) is 8.91. The summed E-state index contributed by atoms with van der Waals surface area (Å²) in [4.78, 5) is 6.73. The number of nitrogens with zero attached hydrogens (tertiary/aromatic N) is 3. The van der Waals surface area contributed by atoms with Crippen molar-refractivity contribution in [2.45, 2.75) is 31.8 Å². The zero-order valence-corrected chi connectivity index (χ0v) is 14.7. The topological polar surface area (TPSA) is 48.8 Å².